The summed E-state index contributed by atoms with van der Waals surface area (Å²) in [7, 11) is -3.23. The van der Waals surface area contributed by atoms with Crippen LogP contribution in [0, 0.1) is 22.7 Å². The Labute approximate surface area is 411 Å². The molecule has 7 rings (SSSR count). The summed E-state index contributed by atoms with van der Waals surface area (Å²) >= 11 is 6.53. The highest BCUT2D eigenvalue weighted by Crippen LogP contribution is 2.74. The number of hydrogen-bond acceptors (Lipinski definition) is 15. The number of unbranched alkanes of at least 4 members (excludes halogenated alkanes) is 15. The number of anilines is 1. The number of aromatic nitrogens is 3. The molecule has 4 heterocycles. The van der Waals surface area contributed by atoms with Gasteiger partial charge in [-0.15, -0.1) is 0 Å². The van der Waals surface area contributed by atoms with E-state index in [-0.39, 0.29) is 36.4 Å². The molecule has 18 heteroatoms. The van der Waals surface area contributed by atoms with Crippen molar-refractivity contribution in [2.24, 2.45) is 0 Å². The van der Waals surface area contributed by atoms with E-state index in [0.29, 0.717) is 34.7 Å². The van der Waals surface area contributed by atoms with Gasteiger partial charge < -0.3 is 38.7 Å². The van der Waals surface area contributed by atoms with E-state index in [1.165, 1.54) is 103 Å². The van der Waals surface area contributed by atoms with Crippen LogP contribution in [0.15, 0.2) is 60.9 Å². The first-order valence-electron chi connectivity index (χ1n) is 24.6. The van der Waals surface area contributed by atoms with Crippen molar-refractivity contribution in [1.29, 1.82) is 10.5 Å². The van der Waals surface area contributed by atoms with Gasteiger partial charge in [0.25, 0.3) is 0 Å². The molecule has 0 radical (unpaired) electrons. The van der Waals surface area contributed by atoms with E-state index in [1.54, 1.807) is 66.9 Å². The highest BCUT2D eigenvalue weighted by molar-refractivity contribution is 7.49. The molecule has 2 aromatic heterocycles. The monoisotopic (exact) mass is 990 g/mol. The quantitative estimate of drug-likeness (QED) is 0.0368. The summed E-state index contributed by atoms with van der Waals surface area (Å²) in [4.78, 5) is 4.08. The molecular formula is C51H68ClN6O10P. The number of fused-ring (bicyclic) bond motifs is 1. The number of benzene rings is 2. The Hall–Kier alpha value is -4.32. The Balaban J connectivity index is 0.989. The molecule has 1 spiro atoms. The zero-order valence-electron chi connectivity index (χ0n) is 40.4. The highest BCUT2D eigenvalue weighted by atomic mass is 35.5. The van der Waals surface area contributed by atoms with Gasteiger partial charge in [-0.2, -0.15) is 15.6 Å². The lowest BCUT2D eigenvalue weighted by molar-refractivity contribution is -0.182. The van der Waals surface area contributed by atoms with Gasteiger partial charge >= 0.3 is 7.82 Å². The van der Waals surface area contributed by atoms with Crippen LogP contribution in [0.1, 0.15) is 146 Å². The van der Waals surface area contributed by atoms with Crippen molar-refractivity contribution >= 4 is 30.8 Å². The fourth-order valence-corrected chi connectivity index (χ4v) is 11.2. The van der Waals surface area contributed by atoms with Crippen molar-refractivity contribution in [2.45, 2.75) is 172 Å². The lowest BCUT2D eigenvalue weighted by Crippen LogP contribution is -2.33. The predicted octanol–water partition coefficient (Wildman–Crippen LogP) is 11.5. The lowest BCUT2D eigenvalue weighted by atomic mass is 10.0. The van der Waals surface area contributed by atoms with Crippen molar-refractivity contribution < 1.29 is 46.6 Å². The molecule has 2 aliphatic heterocycles. The molecule has 69 heavy (non-hydrogen) atoms. The molecule has 374 valence electrons. The van der Waals surface area contributed by atoms with Crippen molar-refractivity contribution in [3.05, 3.63) is 82.8 Å². The SMILES string of the molecule is CCCCCCCCCCCCCCCCCCOC[C@H](COP(=O)(Oc1ccccc1Cl)OC1[C@@]2(C#N)O[C@@H](c3ccc4c(N)ncnn34)[C@@H]3OC(C)(C)O[C@@]132)OCc1ccc(OC)c(C#N)c1. The molecule has 2 N–H and O–H groups in total. The van der Waals surface area contributed by atoms with E-state index in [1.807, 2.05) is 0 Å². The third kappa shape index (κ3) is 12.4. The molecule has 16 nitrogen and oxygen atoms in total. The standard InChI is InChI=1S/C51H68ClN6O10P/c1-5-6-7-8-9-10-11-12-13-14-15-16-17-18-19-22-29-61-33-39(62-32-37-25-28-43(60-4)38(30-37)31-53)34-63-69(59,66-44-24-21-20-23-40(44)52)67-48-50(35-54)51(48)46(65-49(2,3)68-51)45(64-50)41-26-27-42-47(55)56-36-57-58(41)42/h20-21,23-28,30,36,39,45-46,48H,5-19,22,29,32-34H2,1-4H3,(H2,55,56,57)/t39-,45+,46+,48?,50-,51-,69?/m1/s1. The average Bonchev–Trinajstić information content (AvgIpc) is 3.69. The Morgan fingerprint density at radius 1 is 0.884 bits per heavy atom. The van der Waals surface area contributed by atoms with Gasteiger partial charge in [-0.05, 0) is 62.2 Å². The fourth-order valence-electron chi connectivity index (χ4n) is 9.49. The third-order valence-electron chi connectivity index (χ3n) is 13.1. The van der Waals surface area contributed by atoms with E-state index in [4.69, 9.17) is 59.3 Å². The molecule has 0 bridgehead atoms. The first-order chi connectivity index (χ1) is 33.4. The van der Waals surface area contributed by atoms with Crippen molar-refractivity contribution in [3.63, 3.8) is 0 Å². The number of hydrogen-bond donors (Lipinski definition) is 1. The van der Waals surface area contributed by atoms with Gasteiger partial charge in [0.15, 0.2) is 23.3 Å². The molecule has 0 amide bonds. The Bertz CT molecular complexity index is 2450. The van der Waals surface area contributed by atoms with Crippen LogP contribution in [-0.4, -0.2) is 76.8 Å². The summed E-state index contributed by atoms with van der Waals surface area (Å²) in [6, 6.07) is 19.6. The number of para-hydroxylation sites is 1. The summed E-state index contributed by atoms with van der Waals surface area (Å²) in [6.45, 7) is 6.00. The zero-order chi connectivity index (χ0) is 48.9. The maximum absolute atomic E-state index is 15.2. The van der Waals surface area contributed by atoms with Gasteiger partial charge in [-0.3, -0.25) is 9.05 Å². The number of nitrogen functional groups attached to an aromatic ring is 1. The number of rotatable bonds is 31. The minimum absolute atomic E-state index is 0.0208. The Kier molecular flexibility index (Phi) is 18.4. The van der Waals surface area contributed by atoms with Crippen LogP contribution in [0.5, 0.6) is 11.5 Å². The number of nitriles is 2. The first-order valence-corrected chi connectivity index (χ1v) is 26.5. The summed E-state index contributed by atoms with van der Waals surface area (Å²) in [5, 5.41) is 25.1. The van der Waals surface area contributed by atoms with Gasteiger partial charge in [0, 0.05) is 6.61 Å². The average molecular weight is 992 g/mol. The van der Waals surface area contributed by atoms with Crippen LogP contribution >= 0.6 is 19.4 Å². The molecule has 2 unspecified atom stereocenters. The van der Waals surface area contributed by atoms with Crippen molar-refractivity contribution in [1.82, 2.24) is 14.6 Å². The second-order valence-corrected chi connectivity index (χ2v) is 20.6. The molecule has 3 fully saturated rings. The van der Waals surface area contributed by atoms with Gasteiger partial charge in [-0.1, -0.05) is 133 Å². The number of ether oxygens (including phenoxy) is 6. The summed E-state index contributed by atoms with van der Waals surface area (Å²) < 4.78 is 72.6. The molecule has 3 aliphatic rings. The third-order valence-corrected chi connectivity index (χ3v) is 14.7. The maximum atomic E-state index is 15.2. The number of nitrogens with zero attached hydrogens (tertiary/aromatic N) is 5. The second kappa shape index (κ2) is 24.2. The maximum Gasteiger partial charge on any atom is 0.530 e. The lowest BCUT2D eigenvalue weighted by Gasteiger charge is -2.26. The highest BCUT2D eigenvalue weighted by Gasteiger charge is 2.95. The van der Waals surface area contributed by atoms with Crippen LogP contribution in [0.25, 0.3) is 5.52 Å². The van der Waals surface area contributed by atoms with E-state index >= 15 is 4.57 Å². The van der Waals surface area contributed by atoms with Crippen LogP contribution in [-0.2, 0) is 43.9 Å². The van der Waals surface area contributed by atoms with Crippen molar-refractivity contribution in [2.75, 3.05) is 32.7 Å². The number of phosphoric ester groups is 1. The minimum atomic E-state index is -4.73. The Morgan fingerprint density at radius 3 is 2.22 bits per heavy atom. The topological polar surface area (TPSA) is 204 Å². The van der Waals surface area contributed by atoms with Gasteiger partial charge in [0.05, 0.1) is 43.2 Å². The number of methoxy groups -OCH3 is 1. The predicted molar refractivity (Wildman–Crippen MR) is 259 cm³/mol. The molecule has 1 saturated carbocycles. The van der Waals surface area contributed by atoms with E-state index < -0.39 is 49.2 Å². The molecule has 4 aromatic rings. The largest absolute Gasteiger partial charge is 0.530 e. The molecule has 2 saturated heterocycles. The van der Waals surface area contributed by atoms with E-state index in [0.717, 1.165) is 19.3 Å². The van der Waals surface area contributed by atoms with Crippen LogP contribution in [0.4, 0.5) is 5.82 Å². The number of nitrogens with two attached hydrogens (primary N) is 1. The van der Waals surface area contributed by atoms with E-state index in [2.05, 4.69) is 29.1 Å². The fraction of sp³-hybridized carbons (Fsp3) is 0.608. The number of halogens is 1. The summed E-state index contributed by atoms with van der Waals surface area (Å²) in [6.07, 6.45) is 17.7. The molecule has 1 aliphatic carbocycles. The smallest absolute Gasteiger partial charge is 0.495 e. The van der Waals surface area contributed by atoms with Gasteiger partial charge in [-0.25, -0.2) is 14.1 Å². The van der Waals surface area contributed by atoms with Crippen molar-refractivity contribution in [3.8, 4) is 23.6 Å². The van der Waals surface area contributed by atoms with Crippen LogP contribution < -0.4 is 15.0 Å². The van der Waals surface area contributed by atoms with Crippen LogP contribution in [0.3, 0.4) is 0 Å². The summed E-state index contributed by atoms with van der Waals surface area (Å²) in [5.74, 6) is -0.492. The number of phosphoric acid groups is 1. The van der Waals surface area contributed by atoms with Gasteiger partial charge in [0.2, 0.25) is 5.60 Å². The minimum Gasteiger partial charge on any atom is -0.495 e. The zero-order valence-corrected chi connectivity index (χ0v) is 42.1. The Morgan fingerprint density at radius 2 is 1.57 bits per heavy atom. The van der Waals surface area contributed by atoms with E-state index in [9.17, 15) is 10.5 Å². The summed E-state index contributed by atoms with van der Waals surface area (Å²) in [5.41, 5.74) is 4.88. The van der Waals surface area contributed by atoms with Crippen LogP contribution in [0.2, 0.25) is 5.02 Å². The second-order valence-electron chi connectivity index (χ2n) is 18.6. The molecule has 2 aromatic carbocycles. The first kappa shape index (κ1) is 52.5. The normalized spacial score (nSPS) is 23.4. The molecular weight excluding hydrogens is 923 g/mol. The molecule has 7 atom stereocenters. The van der Waals surface area contributed by atoms with Gasteiger partial charge in [0.1, 0.15) is 53.8 Å².